The van der Waals surface area contributed by atoms with Gasteiger partial charge in [-0.1, -0.05) is 6.07 Å². The molecule has 5 heteroatoms. The molecule has 0 bridgehead atoms. The van der Waals surface area contributed by atoms with E-state index >= 15 is 0 Å². The third-order valence-electron chi connectivity index (χ3n) is 2.30. The summed E-state index contributed by atoms with van der Waals surface area (Å²) >= 11 is 0. The van der Waals surface area contributed by atoms with Gasteiger partial charge in [-0.2, -0.15) is 0 Å². The number of nitrogens with zero attached hydrogens (tertiary/aromatic N) is 1. The number of pyridine rings is 1. The van der Waals surface area contributed by atoms with Gasteiger partial charge in [-0.05, 0) is 31.2 Å². The highest BCUT2D eigenvalue weighted by Crippen LogP contribution is 2.18. The number of hydrogen-bond donors (Lipinski definition) is 2. The van der Waals surface area contributed by atoms with Gasteiger partial charge in [0.25, 0.3) is 0 Å². The van der Waals surface area contributed by atoms with Gasteiger partial charge in [0.1, 0.15) is 11.6 Å². The molecule has 1 heterocycles. The molecule has 2 aromatic rings. The molecule has 0 fully saturated rings. The summed E-state index contributed by atoms with van der Waals surface area (Å²) in [4.78, 5) is 4.27. The van der Waals surface area contributed by atoms with Crippen LogP contribution in [0.25, 0.3) is 0 Å². The van der Waals surface area contributed by atoms with Crippen molar-refractivity contribution in [2.24, 2.45) is 0 Å². The molecule has 0 amide bonds. The first-order valence-electron chi connectivity index (χ1n) is 5.62. The summed E-state index contributed by atoms with van der Waals surface area (Å²) in [6.45, 7) is 2.73. The quantitative estimate of drug-likeness (QED) is 0.870. The molecule has 0 saturated carbocycles. The molecule has 1 aromatic heterocycles. The van der Waals surface area contributed by atoms with E-state index in [1.54, 1.807) is 6.07 Å². The van der Waals surface area contributed by atoms with Crippen molar-refractivity contribution in [2.45, 2.75) is 6.92 Å². The minimum Gasteiger partial charge on any atom is -0.370 e. The molecule has 0 aliphatic heterocycles. The maximum Gasteiger partial charge on any atom is 0.160 e. The predicted octanol–water partition coefficient (Wildman–Crippen LogP) is 3.54. The van der Waals surface area contributed by atoms with Crippen LogP contribution in [0.1, 0.15) is 6.92 Å². The number of anilines is 3. The fourth-order valence-corrected chi connectivity index (χ4v) is 1.51. The zero-order chi connectivity index (χ0) is 13.0. The number of hydrogen-bond acceptors (Lipinski definition) is 3. The lowest BCUT2D eigenvalue weighted by atomic mass is 10.3. The van der Waals surface area contributed by atoms with Crippen LogP contribution in [-0.4, -0.2) is 11.5 Å². The second-order valence-electron chi connectivity index (χ2n) is 3.69. The smallest absolute Gasteiger partial charge is 0.160 e. The molecule has 0 unspecified atom stereocenters. The third-order valence-corrected chi connectivity index (χ3v) is 2.30. The van der Waals surface area contributed by atoms with Crippen LogP contribution in [0.4, 0.5) is 26.1 Å². The van der Waals surface area contributed by atoms with Gasteiger partial charge < -0.3 is 10.6 Å². The van der Waals surface area contributed by atoms with Gasteiger partial charge in [-0.15, -0.1) is 0 Å². The van der Waals surface area contributed by atoms with Crippen LogP contribution in [0.3, 0.4) is 0 Å². The van der Waals surface area contributed by atoms with Crippen LogP contribution >= 0.6 is 0 Å². The van der Waals surface area contributed by atoms with Crippen molar-refractivity contribution in [2.75, 3.05) is 17.2 Å². The minimum absolute atomic E-state index is 0.454. The molecule has 0 aliphatic rings. The average molecular weight is 249 g/mol. The highest BCUT2D eigenvalue weighted by atomic mass is 19.2. The van der Waals surface area contributed by atoms with E-state index in [9.17, 15) is 8.78 Å². The van der Waals surface area contributed by atoms with E-state index in [0.29, 0.717) is 11.5 Å². The molecule has 0 radical (unpaired) electrons. The van der Waals surface area contributed by atoms with Gasteiger partial charge in [-0.3, -0.25) is 0 Å². The molecule has 0 spiro atoms. The van der Waals surface area contributed by atoms with Crippen molar-refractivity contribution >= 4 is 17.3 Å². The normalized spacial score (nSPS) is 10.2. The first-order valence-corrected chi connectivity index (χ1v) is 5.62. The molecule has 0 saturated heterocycles. The number of nitrogens with one attached hydrogen (secondary N) is 2. The highest BCUT2D eigenvalue weighted by molar-refractivity contribution is 5.58. The Morgan fingerprint density at radius 3 is 2.56 bits per heavy atom. The van der Waals surface area contributed by atoms with E-state index in [1.807, 2.05) is 19.1 Å². The Bertz CT molecular complexity index is 544. The fraction of sp³-hybridized carbons (Fsp3) is 0.154. The summed E-state index contributed by atoms with van der Waals surface area (Å²) in [6.07, 6.45) is 0. The lowest BCUT2D eigenvalue weighted by Crippen LogP contribution is -2.01. The number of rotatable bonds is 4. The van der Waals surface area contributed by atoms with E-state index in [0.717, 1.165) is 24.5 Å². The SMILES string of the molecule is CCNc1cccc(Nc2ccc(F)c(F)c2)n1. The van der Waals surface area contributed by atoms with Gasteiger partial charge in [0.2, 0.25) is 0 Å². The molecule has 94 valence electrons. The summed E-state index contributed by atoms with van der Waals surface area (Å²) in [5.74, 6) is -0.456. The van der Waals surface area contributed by atoms with Gasteiger partial charge in [0.15, 0.2) is 11.6 Å². The van der Waals surface area contributed by atoms with Crippen molar-refractivity contribution in [3.05, 3.63) is 48.0 Å². The van der Waals surface area contributed by atoms with Gasteiger partial charge in [0, 0.05) is 18.3 Å². The molecule has 0 atom stereocenters. The van der Waals surface area contributed by atoms with E-state index < -0.39 is 11.6 Å². The van der Waals surface area contributed by atoms with E-state index in [-0.39, 0.29) is 0 Å². The Morgan fingerprint density at radius 1 is 1.06 bits per heavy atom. The number of benzene rings is 1. The Kier molecular flexibility index (Phi) is 3.72. The zero-order valence-corrected chi connectivity index (χ0v) is 9.87. The third kappa shape index (κ3) is 2.94. The number of aromatic nitrogens is 1. The van der Waals surface area contributed by atoms with E-state index in [2.05, 4.69) is 15.6 Å². The van der Waals surface area contributed by atoms with Crippen molar-refractivity contribution in [3.63, 3.8) is 0 Å². The molecular weight excluding hydrogens is 236 g/mol. The van der Waals surface area contributed by atoms with Crippen molar-refractivity contribution in [1.82, 2.24) is 4.98 Å². The molecule has 18 heavy (non-hydrogen) atoms. The van der Waals surface area contributed by atoms with Crippen LogP contribution in [0.15, 0.2) is 36.4 Å². The first-order chi connectivity index (χ1) is 8.69. The second-order valence-corrected chi connectivity index (χ2v) is 3.69. The molecule has 0 aliphatic carbocycles. The Labute approximate surface area is 104 Å². The van der Waals surface area contributed by atoms with Crippen molar-refractivity contribution in [3.8, 4) is 0 Å². The lowest BCUT2D eigenvalue weighted by molar-refractivity contribution is 0.509. The second kappa shape index (κ2) is 5.44. The number of halogens is 2. The van der Waals surface area contributed by atoms with Crippen LogP contribution in [-0.2, 0) is 0 Å². The fourth-order valence-electron chi connectivity index (χ4n) is 1.51. The topological polar surface area (TPSA) is 37.0 Å². The van der Waals surface area contributed by atoms with Crippen molar-refractivity contribution in [1.29, 1.82) is 0 Å². The largest absolute Gasteiger partial charge is 0.370 e. The van der Waals surface area contributed by atoms with Crippen LogP contribution in [0.2, 0.25) is 0 Å². The summed E-state index contributed by atoms with van der Waals surface area (Å²) < 4.78 is 25.8. The molecule has 2 rings (SSSR count). The monoisotopic (exact) mass is 249 g/mol. The molecule has 2 N–H and O–H groups in total. The molecule has 1 aromatic carbocycles. The van der Waals surface area contributed by atoms with Crippen LogP contribution in [0.5, 0.6) is 0 Å². The van der Waals surface area contributed by atoms with Crippen molar-refractivity contribution < 1.29 is 8.78 Å². The summed E-state index contributed by atoms with van der Waals surface area (Å²) in [5, 5.41) is 5.98. The Hall–Kier alpha value is -2.17. The summed E-state index contributed by atoms with van der Waals surface area (Å²) in [7, 11) is 0. The van der Waals surface area contributed by atoms with Crippen LogP contribution in [0, 0.1) is 11.6 Å². The zero-order valence-electron chi connectivity index (χ0n) is 9.87. The lowest BCUT2D eigenvalue weighted by Gasteiger charge is -2.08. The maximum absolute atomic E-state index is 13.0. The maximum atomic E-state index is 13.0. The van der Waals surface area contributed by atoms with E-state index in [4.69, 9.17) is 0 Å². The van der Waals surface area contributed by atoms with Gasteiger partial charge in [-0.25, -0.2) is 13.8 Å². The summed E-state index contributed by atoms with van der Waals surface area (Å²) in [6, 6.07) is 9.04. The molecular formula is C13H13F2N3. The highest BCUT2D eigenvalue weighted by Gasteiger charge is 2.03. The minimum atomic E-state index is -0.886. The van der Waals surface area contributed by atoms with E-state index in [1.165, 1.54) is 6.07 Å². The Morgan fingerprint density at radius 2 is 1.83 bits per heavy atom. The molecule has 3 nitrogen and oxygen atoms in total. The van der Waals surface area contributed by atoms with Crippen LogP contribution < -0.4 is 10.6 Å². The first kappa shape index (κ1) is 12.3. The summed E-state index contributed by atoms with van der Waals surface area (Å²) in [5.41, 5.74) is 0.454. The average Bonchev–Trinajstić information content (AvgIpc) is 2.35. The predicted molar refractivity (Wildman–Crippen MR) is 68.0 cm³/mol. The van der Waals surface area contributed by atoms with Gasteiger partial charge >= 0.3 is 0 Å². The Balaban J connectivity index is 2.17. The standard InChI is InChI=1S/C13H13F2N3/c1-2-16-12-4-3-5-13(18-12)17-9-6-7-10(14)11(15)8-9/h3-8H,2H2,1H3,(H2,16,17,18). The van der Waals surface area contributed by atoms with Gasteiger partial charge in [0.05, 0.1) is 0 Å².